The van der Waals surface area contributed by atoms with Gasteiger partial charge in [-0.1, -0.05) is 24.3 Å². The SMILES string of the molecule is C[C@H](OC(=O)c1ccc2c(c1)CCCC2)C(=O)N(C)c1ccccc1. The predicted molar refractivity (Wildman–Crippen MR) is 97.8 cm³/mol. The van der Waals surface area contributed by atoms with Crippen molar-refractivity contribution in [2.75, 3.05) is 11.9 Å². The minimum Gasteiger partial charge on any atom is -0.449 e. The second kappa shape index (κ2) is 7.51. The molecule has 0 bridgehead atoms. The molecule has 1 amide bonds. The quantitative estimate of drug-likeness (QED) is 0.798. The summed E-state index contributed by atoms with van der Waals surface area (Å²) in [5, 5.41) is 0. The van der Waals surface area contributed by atoms with Crippen molar-refractivity contribution in [1.82, 2.24) is 0 Å². The number of hydrogen-bond acceptors (Lipinski definition) is 3. The molecule has 0 fully saturated rings. The van der Waals surface area contributed by atoms with Crippen LogP contribution < -0.4 is 4.90 Å². The standard InChI is InChI=1S/C21H23NO3/c1-15(20(23)22(2)19-10-4-3-5-11-19)25-21(24)18-13-12-16-8-6-7-9-17(16)14-18/h3-5,10-15H,6-9H2,1-2H3/t15-/m0/s1. The number of nitrogens with zero attached hydrogens (tertiary/aromatic N) is 1. The average molecular weight is 337 g/mol. The number of hydrogen-bond donors (Lipinski definition) is 0. The monoisotopic (exact) mass is 337 g/mol. The lowest BCUT2D eigenvalue weighted by atomic mass is 9.90. The summed E-state index contributed by atoms with van der Waals surface area (Å²) in [5.41, 5.74) is 3.82. The molecule has 1 aliphatic carbocycles. The van der Waals surface area contributed by atoms with Crippen LogP contribution in [0.15, 0.2) is 48.5 Å². The lowest BCUT2D eigenvalue weighted by molar-refractivity contribution is -0.126. The summed E-state index contributed by atoms with van der Waals surface area (Å²) in [6.45, 7) is 1.61. The maximum atomic E-state index is 12.5. The number of benzene rings is 2. The molecule has 1 aliphatic rings. The molecule has 2 aromatic rings. The maximum absolute atomic E-state index is 12.5. The number of aryl methyl sites for hydroxylation is 2. The van der Waals surface area contributed by atoms with Crippen molar-refractivity contribution in [3.8, 4) is 0 Å². The Balaban J connectivity index is 1.67. The summed E-state index contributed by atoms with van der Waals surface area (Å²) in [4.78, 5) is 26.4. The first kappa shape index (κ1) is 17.2. The number of carbonyl (C=O) groups is 2. The molecule has 0 aliphatic heterocycles. The van der Waals surface area contributed by atoms with E-state index in [0.29, 0.717) is 5.56 Å². The summed E-state index contributed by atoms with van der Waals surface area (Å²) in [7, 11) is 1.68. The number of esters is 1. The normalized spacial score (nSPS) is 14.3. The summed E-state index contributed by atoms with van der Waals surface area (Å²) in [6.07, 6.45) is 3.59. The fourth-order valence-corrected chi connectivity index (χ4v) is 3.19. The van der Waals surface area contributed by atoms with E-state index in [1.54, 1.807) is 20.0 Å². The molecule has 0 saturated carbocycles. The Kier molecular flexibility index (Phi) is 5.17. The van der Waals surface area contributed by atoms with Crippen LogP contribution in [0.25, 0.3) is 0 Å². The van der Waals surface area contributed by atoms with Crippen molar-refractivity contribution >= 4 is 17.6 Å². The van der Waals surface area contributed by atoms with Gasteiger partial charge in [-0.3, -0.25) is 4.79 Å². The zero-order valence-corrected chi connectivity index (χ0v) is 14.7. The van der Waals surface area contributed by atoms with Crippen LogP contribution in [0.1, 0.15) is 41.3 Å². The number of rotatable bonds is 4. The van der Waals surface area contributed by atoms with Crippen LogP contribution in [0.4, 0.5) is 5.69 Å². The van der Waals surface area contributed by atoms with Gasteiger partial charge in [0.05, 0.1) is 5.56 Å². The third kappa shape index (κ3) is 3.90. The number of amides is 1. The van der Waals surface area contributed by atoms with E-state index in [-0.39, 0.29) is 5.91 Å². The Morgan fingerprint density at radius 3 is 2.40 bits per heavy atom. The van der Waals surface area contributed by atoms with Crippen molar-refractivity contribution in [3.63, 3.8) is 0 Å². The first-order valence-electron chi connectivity index (χ1n) is 8.71. The fraction of sp³-hybridized carbons (Fsp3) is 0.333. The van der Waals surface area contributed by atoms with Crippen molar-refractivity contribution in [2.24, 2.45) is 0 Å². The molecule has 1 atom stereocenters. The third-order valence-corrected chi connectivity index (χ3v) is 4.69. The molecule has 0 aromatic heterocycles. The van der Waals surface area contributed by atoms with Gasteiger partial charge in [0.1, 0.15) is 0 Å². The Bertz CT molecular complexity index is 770. The lowest BCUT2D eigenvalue weighted by Crippen LogP contribution is -2.37. The molecule has 0 heterocycles. The molecule has 4 nitrogen and oxygen atoms in total. The van der Waals surface area contributed by atoms with Gasteiger partial charge < -0.3 is 9.64 Å². The average Bonchev–Trinajstić information content (AvgIpc) is 2.67. The van der Waals surface area contributed by atoms with Gasteiger partial charge >= 0.3 is 5.97 Å². The third-order valence-electron chi connectivity index (χ3n) is 4.69. The van der Waals surface area contributed by atoms with E-state index in [1.165, 1.54) is 22.4 Å². The Labute approximate surface area is 148 Å². The van der Waals surface area contributed by atoms with E-state index in [1.807, 2.05) is 42.5 Å². The number of ether oxygens (including phenoxy) is 1. The Hall–Kier alpha value is -2.62. The number of para-hydroxylation sites is 1. The van der Waals surface area contributed by atoms with E-state index in [9.17, 15) is 9.59 Å². The largest absolute Gasteiger partial charge is 0.449 e. The molecule has 0 spiro atoms. The first-order valence-corrected chi connectivity index (χ1v) is 8.71. The van der Waals surface area contributed by atoms with E-state index in [0.717, 1.165) is 24.9 Å². The van der Waals surface area contributed by atoms with E-state index >= 15 is 0 Å². The van der Waals surface area contributed by atoms with Gasteiger partial charge in [0.2, 0.25) is 0 Å². The molecule has 25 heavy (non-hydrogen) atoms. The highest BCUT2D eigenvalue weighted by Crippen LogP contribution is 2.23. The molecular weight excluding hydrogens is 314 g/mol. The van der Waals surface area contributed by atoms with Gasteiger partial charge in [0.25, 0.3) is 5.91 Å². The van der Waals surface area contributed by atoms with Crippen LogP contribution in [0.5, 0.6) is 0 Å². The summed E-state index contributed by atoms with van der Waals surface area (Å²) >= 11 is 0. The van der Waals surface area contributed by atoms with Crippen LogP contribution in [0.3, 0.4) is 0 Å². The van der Waals surface area contributed by atoms with Crippen LogP contribution >= 0.6 is 0 Å². The van der Waals surface area contributed by atoms with E-state index < -0.39 is 12.1 Å². The molecule has 2 aromatic carbocycles. The maximum Gasteiger partial charge on any atom is 0.338 e. The molecular formula is C21H23NO3. The van der Waals surface area contributed by atoms with E-state index in [2.05, 4.69) is 0 Å². The zero-order chi connectivity index (χ0) is 17.8. The van der Waals surface area contributed by atoms with Gasteiger partial charge in [-0.25, -0.2) is 4.79 Å². The predicted octanol–water partition coefficient (Wildman–Crippen LogP) is 3.77. The van der Waals surface area contributed by atoms with E-state index in [4.69, 9.17) is 4.74 Å². The van der Waals surface area contributed by atoms with Gasteiger partial charge in [-0.05, 0) is 68.0 Å². The van der Waals surface area contributed by atoms with Gasteiger partial charge in [-0.15, -0.1) is 0 Å². The van der Waals surface area contributed by atoms with Crippen molar-refractivity contribution < 1.29 is 14.3 Å². The molecule has 0 radical (unpaired) electrons. The minimum absolute atomic E-state index is 0.252. The topological polar surface area (TPSA) is 46.6 Å². The molecule has 3 rings (SSSR count). The number of likely N-dealkylation sites (N-methyl/N-ethyl adjacent to an activating group) is 1. The summed E-state index contributed by atoms with van der Waals surface area (Å²) in [6, 6.07) is 15.0. The number of fused-ring (bicyclic) bond motifs is 1. The lowest BCUT2D eigenvalue weighted by Gasteiger charge is -2.22. The Morgan fingerprint density at radius 1 is 1.00 bits per heavy atom. The summed E-state index contributed by atoms with van der Waals surface area (Å²) in [5.74, 6) is -0.701. The molecule has 0 unspecified atom stereocenters. The second-order valence-corrected chi connectivity index (χ2v) is 6.47. The second-order valence-electron chi connectivity index (χ2n) is 6.47. The van der Waals surface area contributed by atoms with Gasteiger partial charge in [0, 0.05) is 12.7 Å². The van der Waals surface area contributed by atoms with Crippen LogP contribution in [-0.4, -0.2) is 25.0 Å². The number of carbonyl (C=O) groups excluding carboxylic acids is 2. The smallest absolute Gasteiger partial charge is 0.338 e. The van der Waals surface area contributed by atoms with Crippen LogP contribution in [0, 0.1) is 0 Å². The fourth-order valence-electron chi connectivity index (χ4n) is 3.19. The molecule has 0 saturated heterocycles. The molecule has 130 valence electrons. The van der Waals surface area contributed by atoms with Crippen LogP contribution in [-0.2, 0) is 22.4 Å². The molecule has 4 heteroatoms. The Morgan fingerprint density at radius 2 is 1.68 bits per heavy atom. The highest BCUT2D eigenvalue weighted by Gasteiger charge is 2.23. The highest BCUT2D eigenvalue weighted by molar-refractivity contribution is 5.98. The van der Waals surface area contributed by atoms with Crippen LogP contribution in [0.2, 0.25) is 0 Å². The zero-order valence-electron chi connectivity index (χ0n) is 14.7. The van der Waals surface area contributed by atoms with Crippen molar-refractivity contribution in [3.05, 3.63) is 65.2 Å². The highest BCUT2D eigenvalue weighted by atomic mass is 16.5. The van der Waals surface area contributed by atoms with Gasteiger partial charge in [-0.2, -0.15) is 0 Å². The number of anilines is 1. The van der Waals surface area contributed by atoms with Crippen molar-refractivity contribution in [2.45, 2.75) is 38.7 Å². The van der Waals surface area contributed by atoms with Crippen molar-refractivity contribution in [1.29, 1.82) is 0 Å². The molecule has 0 N–H and O–H groups in total. The van der Waals surface area contributed by atoms with Gasteiger partial charge in [0.15, 0.2) is 6.10 Å². The minimum atomic E-state index is -0.839. The first-order chi connectivity index (χ1) is 12.1. The summed E-state index contributed by atoms with van der Waals surface area (Å²) < 4.78 is 5.40.